The first-order valence-corrected chi connectivity index (χ1v) is 6.81. The second kappa shape index (κ2) is 7.54. The molecular weight excluding hydrogens is 200 g/mol. The molecule has 0 radical (unpaired) electrons. The Hall–Kier alpha value is -0.740. The minimum Gasteiger partial charge on any atom is -0.148 e. The van der Waals surface area contributed by atoms with Crippen molar-refractivity contribution in [1.29, 1.82) is 0 Å². The summed E-state index contributed by atoms with van der Waals surface area (Å²) in [5.74, 6) is 6.56. The fourth-order valence-corrected chi connectivity index (χ4v) is 2.30. The summed E-state index contributed by atoms with van der Waals surface area (Å²) in [4.78, 5) is 1.43. The Balaban J connectivity index is 2.31. The van der Waals surface area contributed by atoms with Crippen molar-refractivity contribution < 1.29 is 0 Å². The van der Waals surface area contributed by atoms with E-state index in [0.717, 1.165) is 12.8 Å². The topological polar surface area (TPSA) is 0 Å². The molecule has 0 saturated heterocycles. The van der Waals surface area contributed by atoms with Gasteiger partial charge in [-0.15, -0.1) is 11.3 Å². The molecule has 0 aromatic carbocycles. The maximum Gasteiger partial charge on any atom is 0.0384 e. The van der Waals surface area contributed by atoms with E-state index in [1.165, 1.54) is 36.1 Å². The van der Waals surface area contributed by atoms with E-state index in [1.807, 2.05) is 11.3 Å². The Morgan fingerprint density at radius 2 is 2.07 bits per heavy atom. The maximum absolute atomic E-state index is 3.28. The molecular formula is C14H20S. The maximum atomic E-state index is 3.28. The molecule has 0 aliphatic rings. The lowest BCUT2D eigenvalue weighted by molar-refractivity contribution is 0.679. The molecule has 0 unspecified atom stereocenters. The summed E-state index contributed by atoms with van der Waals surface area (Å²) in [5, 5.41) is 2.14. The lowest BCUT2D eigenvalue weighted by Crippen LogP contribution is -1.78. The zero-order valence-corrected chi connectivity index (χ0v) is 10.6. The molecule has 0 saturated carbocycles. The van der Waals surface area contributed by atoms with E-state index in [9.17, 15) is 0 Å². The summed E-state index contributed by atoms with van der Waals surface area (Å²) in [5.41, 5.74) is 1.25. The molecule has 0 spiro atoms. The summed E-state index contributed by atoms with van der Waals surface area (Å²) in [7, 11) is 0. The monoisotopic (exact) mass is 220 g/mol. The van der Waals surface area contributed by atoms with Gasteiger partial charge in [-0.3, -0.25) is 0 Å². The summed E-state index contributed by atoms with van der Waals surface area (Å²) < 4.78 is 0. The van der Waals surface area contributed by atoms with Gasteiger partial charge in [0.1, 0.15) is 0 Å². The van der Waals surface area contributed by atoms with Gasteiger partial charge in [0.25, 0.3) is 0 Å². The lowest BCUT2D eigenvalue weighted by Gasteiger charge is -1.92. The van der Waals surface area contributed by atoms with E-state index < -0.39 is 0 Å². The van der Waals surface area contributed by atoms with Crippen LogP contribution in [0, 0.1) is 11.8 Å². The second-order valence-corrected chi connectivity index (χ2v) is 4.72. The fraction of sp³-hybridized carbons (Fsp3) is 0.571. The Morgan fingerprint density at radius 3 is 2.80 bits per heavy atom. The Labute approximate surface area is 97.7 Å². The molecule has 1 heteroatoms. The van der Waals surface area contributed by atoms with Gasteiger partial charge in [0.15, 0.2) is 0 Å². The lowest BCUT2D eigenvalue weighted by atomic mass is 10.1. The molecule has 0 atom stereocenters. The van der Waals surface area contributed by atoms with E-state index in [4.69, 9.17) is 0 Å². The molecule has 1 aromatic heterocycles. The third-order valence-corrected chi connectivity index (χ3v) is 3.51. The van der Waals surface area contributed by atoms with Crippen LogP contribution >= 0.6 is 11.3 Å². The fourth-order valence-electron chi connectivity index (χ4n) is 1.52. The minimum atomic E-state index is 1.05. The Bertz CT molecular complexity index is 325. The predicted molar refractivity (Wildman–Crippen MR) is 69.3 cm³/mol. The van der Waals surface area contributed by atoms with Crippen molar-refractivity contribution in [2.24, 2.45) is 0 Å². The molecule has 1 aromatic rings. The van der Waals surface area contributed by atoms with Crippen molar-refractivity contribution in [2.75, 3.05) is 0 Å². The van der Waals surface area contributed by atoms with Crippen LogP contribution in [0.5, 0.6) is 0 Å². The van der Waals surface area contributed by atoms with Gasteiger partial charge in [0.05, 0.1) is 0 Å². The number of rotatable bonds is 5. The molecule has 82 valence electrons. The number of aryl methyl sites for hydroxylation is 1. The molecule has 0 bridgehead atoms. The van der Waals surface area contributed by atoms with Crippen molar-refractivity contribution in [1.82, 2.24) is 0 Å². The van der Waals surface area contributed by atoms with Gasteiger partial charge in [0, 0.05) is 16.9 Å². The van der Waals surface area contributed by atoms with Crippen molar-refractivity contribution in [2.45, 2.75) is 52.4 Å². The number of unbranched alkanes of at least 4 members (excludes halogenated alkanes) is 4. The highest BCUT2D eigenvalue weighted by Crippen LogP contribution is 2.15. The average molecular weight is 220 g/mol. The quantitative estimate of drug-likeness (QED) is 0.501. The van der Waals surface area contributed by atoms with Crippen LogP contribution in [0.15, 0.2) is 11.4 Å². The van der Waals surface area contributed by atoms with Crippen LogP contribution in [-0.2, 0) is 6.42 Å². The first-order valence-electron chi connectivity index (χ1n) is 5.93. The molecule has 0 fully saturated rings. The summed E-state index contributed by atoms with van der Waals surface area (Å²) >= 11 is 1.82. The Kier molecular flexibility index (Phi) is 6.20. The normalized spacial score (nSPS) is 9.73. The predicted octanol–water partition coefficient (Wildman–Crippen LogP) is 4.63. The zero-order chi connectivity index (χ0) is 10.9. The third kappa shape index (κ3) is 4.53. The summed E-state index contributed by atoms with van der Waals surface area (Å²) in [6.45, 7) is 4.43. The van der Waals surface area contributed by atoms with Gasteiger partial charge in [-0.1, -0.05) is 45.0 Å². The SMILES string of the molecule is CCCCCCC#Cc1ccsc1CC. The number of hydrogen-bond donors (Lipinski definition) is 0. The van der Waals surface area contributed by atoms with Crippen LogP contribution in [0.4, 0.5) is 0 Å². The Morgan fingerprint density at radius 1 is 1.20 bits per heavy atom. The largest absolute Gasteiger partial charge is 0.148 e. The highest BCUT2D eigenvalue weighted by molar-refractivity contribution is 7.10. The van der Waals surface area contributed by atoms with Crippen molar-refractivity contribution in [3.05, 3.63) is 21.9 Å². The summed E-state index contributed by atoms with van der Waals surface area (Å²) in [6, 6.07) is 2.14. The van der Waals surface area contributed by atoms with Gasteiger partial charge in [-0.25, -0.2) is 0 Å². The van der Waals surface area contributed by atoms with Crippen LogP contribution in [0.25, 0.3) is 0 Å². The van der Waals surface area contributed by atoms with E-state index in [1.54, 1.807) is 0 Å². The first kappa shape index (κ1) is 12.3. The molecule has 0 N–H and O–H groups in total. The number of hydrogen-bond acceptors (Lipinski definition) is 1. The molecule has 1 rings (SSSR count). The van der Waals surface area contributed by atoms with Gasteiger partial charge in [-0.05, 0) is 24.3 Å². The second-order valence-electron chi connectivity index (χ2n) is 3.72. The van der Waals surface area contributed by atoms with E-state index in [0.29, 0.717) is 0 Å². The zero-order valence-electron chi connectivity index (χ0n) is 9.81. The van der Waals surface area contributed by atoms with Crippen molar-refractivity contribution >= 4 is 11.3 Å². The van der Waals surface area contributed by atoms with Gasteiger partial charge in [0.2, 0.25) is 0 Å². The van der Waals surface area contributed by atoms with Crippen LogP contribution in [0.3, 0.4) is 0 Å². The van der Waals surface area contributed by atoms with Gasteiger partial charge >= 0.3 is 0 Å². The van der Waals surface area contributed by atoms with Crippen LogP contribution in [-0.4, -0.2) is 0 Å². The van der Waals surface area contributed by atoms with Crippen LogP contribution in [0.2, 0.25) is 0 Å². The molecule has 0 aliphatic carbocycles. The molecule has 0 nitrogen and oxygen atoms in total. The average Bonchev–Trinajstić information content (AvgIpc) is 2.70. The first-order chi connectivity index (χ1) is 7.38. The minimum absolute atomic E-state index is 1.05. The molecule has 0 aliphatic heterocycles. The smallest absolute Gasteiger partial charge is 0.0384 e. The van der Waals surface area contributed by atoms with Crippen molar-refractivity contribution in [3.63, 3.8) is 0 Å². The summed E-state index contributed by atoms with van der Waals surface area (Å²) in [6.07, 6.45) is 7.40. The van der Waals surface area contributed by atoms with Gasteiger partial charge < -0.3 is 0 Å². The van der Waals surface area contributed by atoms with E-state index >= 15 is 0 Å². The highest BCUT2D eigenvalue weighted by atomic mass is 32.1. The standard InChI is InChI=1S/C14H20S/c1-3-5-6-7-8-9-10-13-11-12-15-14(13)4-2/h11-12H,3-8H2,1-2H3. The van der Waals surface area contributed by atoms with Gasteiger partial charge in [-0.2, -0.15) is 0 Å². The van der Waals surface area contributed by atoms with Crippen molar-refractivity contribution in [3.8, 4) is 11.8 Å². The highest BCUT2D eigenvalue weighted by Gasteiger charge is 1.96. The van der Waals surface area contributed by atoms with E-state index in [2.05, 4.69) is 37.1 Å². The molecule has 15 heavy (non-hydrogen) atoms. The van der Waals surface area contributed by atoms with Crippen LogP contribution in [0.1, 0.15) is 56.4 Å². The van der Waals surface area contributed by atoms with Crippen LogP contribution < -0.4 is 0 Å². The molecule has 1 heterocycles. The van der Waals surface area contributed by atoms with E-state index in [-0.39, 0.29) is 0 Å². The third-order valence-electron chi connectivity index (χ3n) is 2.44. The molecule has 0 amide bonds. The number of thiophene rings is 1.